The summed E-state index contributed by atoms with van der Waals surface area (Å²) in [5, 5.41) is 11.0. The largest absolute Gasteiger partial charge is 0.433 e. The number of anilines is 2. The Bertz CT molecular complexity index is 1260. The van der Waals surface area contributed by atoms with Crippen LogP contribution in [0, 0.1) is 0 Å². The molecule has 8 heteroatoms. The van der Waals surface area contributed by atoms with Crippen LogP contribution < -0.4 is 4.90 Å². The molecule has 2 aliphatic rings. The number of aromatic nitrogens is 1. The highest BCUT2D eigenvalue weighted by Crippen LogP contribution is 2.40. The van der Waals surface area contributed by atoms with Crippen LogP contribution in [-0.2, 0) is 11.8 Å². The van der Waals surface area contributed by atoms with Crippen molar-refractivity contribution in [2.24, 2.45) is 0 Å². The second-order valence-electron chi connectivity index (χ2n) is 8.84. The predicted molar refractivity (Wildman–Crippen MR) is 127 cm³/mol. The molecule has 180 valence electrons. The Hall–Kier alpha value is -3.65. The van der Waals surface area contributed by atoms with E-state index >= 15 is 0 Å². The van der Waals surface area contributed by atoms with Crippen LogP contribution in [0.2, 0.25) is 0 Å². The molecule has 0 atom stereocenters. The molecule has 1 aromatic heterocycles. The number of alkyl halides is 3. The molecule has 0 bridgehead atoms. The number of amides is 1. The number of nitrogens with zero attached hydrogens (tertiary/aromatic N) is 3. The molecular weight excluding hydrogens is 455 g/mol. The van der Waals surface area contributed by atoms with E-state index in [-0.39, 0.29) is 37.4 Å². The van der Waals surface area contributed by atoms with E-state index in [1.165, 1.54) is 12.1 Å². The number of carbonyl (C=O) groups is 1. The molecule has 0 spiro atoms. The Morgan fingerprint density at radius 2 is 1.69 bits per heavy atom. The maximum Gasteiger partial charge on any atom is 0.433 e. The third-order valence-corrected chi connectivity index (χ3v) is 6.69. The molecule has 1 saturated heterocycles. The zero-order chi connectivity index (χ0) is 24.6. The minimum absolute atomic E-state index is 0.00247. The maximum absolute atomic E-state index is 13.4. The van der Waals surface area contributed by atoms with Gasteiger partial charge in [-0.2, -0.15) is 13.2 Å². The molecule has 5 rings (SSSR count). The van der Waals surface area contributed by atoms with Crippen molar-refractivity contribution in [1.29, 1.82) is 0 Å². The lowest BCUT2D eigenvalue weighted by Crippen LogP contribution is -2.46. The SMILES string of the molecule is O=C(c1ccc(N2CC=Cc3ccccc32)cc1)N1CCC(O)(c2cccnc2C(F)(F)F)CC1. The van der Waals surface area contributed by atoms with Crippen LogP contribution in [0.15, 0.2) is 72.9 Å². The highest BCUT2D eigenvalue weighted by molar-refractivity contribution is 5.95. The van der Waals surface area contributed by atoms with Crippen molar-refractivity contribution < 1.29 is 23.1 Å². The van der Waals surface area contributed by atoms with E-state index in [0.717, 1.165) is 29.7 Å². The number of fused-ring (bicyclic) bond motifs is 1. The first-order valence-electron chi connectivity index (χ1n) is 11.4. The Balaban J connectivity index is 1.29. The minimum Gasteiger partial charge on any atom is -0.385 e. The lowest BCUT2D eigenvalue weighted by molar-refractivity contribution is -0.145. The normalized spacial score (nSPS) is 17.3. The van der Waals surface area contributed by atoms with E-state index in [0.29, 0.717) is 5.56 Å². The van der Waals surface area contributed by atoms with Gasteiger partial charge >= 0.3 is 6.18 Å². The van der Waals surface area contributed by atoms with Crippen molar-refractivity contribution in [3.05, 3.63) is 95.3 Å². The Kier molecular flexibility index (Phi) is 5.84. The fourth-order valence-electron chi connectivity index (χ4n) is 4.82. The Labute approximate surface area is 201 Å². The summed E-state index contributed by atoms with van der Waals surface area (Å²) in [5.41, 5.74) is 0.682. The quantitative estimate of drug-likeness (QED) is 0.547. The molecule has 5 nitrogen and oxygen atoms in total. The van der Waals surface area contributed by atoms with E-state index in [2.05, 4.69) is 34.2 Å². The molecular formula is C27H24F3N3O2. The molecule has 3 heterocycles. The van der Waals surface area contributed by atoms with Gasteiger partial charge in [0.1, 0.15) is 5.69 Å². The number of pyridine rings is 1. The van der Waals surface area contributed by atoms with E-state index in [9.17, 15) is 23.1 Å². The molecule has 0 unspecified atom stereocenters. The van der Waals surface area contributed by atoms with Crippen molar-refractivity contribution in [1.82, 2.24) is 9.88 Å². The first-order chi connectivity index (χ1) is 16.8. The molecule has 35 heavy (non-hydrogen) atoms. The number of para-hydroxylation sites is 1. The molecule has 1 N–H and O–H groups in total. The number of hydrogen-bond acceptors (Lipinski definition) is 4. The van der Waals surface area contributed by atoms with Crippen molar-refractivity contribution in [3.8, 4) is 0 Å². The maximum atomic E-state index is 13.4. The first-order valence-corrected chi connectivity index (χ1v) is 11.4. The highest BCUT2D eigenvalue weighted by atomic mass is 19.4. The van der Waals surface area contributed by atoms with Crippen LogP contribution in [0.1, 0.15) is 40.0 Å². The number of hydrogen-bond donors (Lipinski definition) is 1. The van der Waals surface area contributed by atoms with Crippen molar-refractivity contribution >= 4 is 23.4 Å². The summed E-state index contributed by atoms with van der Waals surface area (Å²) in [6, 6.07) is 18.1. The van der Waals surface area contributed by atoms with Crippen molar-refractivity contribution in [2.75, 3.05) is 24.5 Å². The summed E-state index contributed by atoms with van der Waals surface area (Å²) in [6.07, 6.45) is 0.584. The van der Waals surface area contributed by atoms with Crippen LogP contribution in [0.5, 0.6) is 0 Å². The zero-order valence-corrected chi connectivity index (χ0v) is 18.9. The van der Waals surface area contributed by atoms with Crippen LogP contribution in [0.3, 0.4) is 0 Å². The number of rotatable bonds is 3. The standard InChI is InChI=1S/C27H24F3N3O2/c28-27(29,30)24-22(7-3-15-31-24)26(35)13-17-32(18-14-26)25(34)20-9-11-21(12-10-20)33-16-4-6-19-5-1-2-8-23(19)33/h1-12,15,35H,13-14,16-18H2. The highest BCUT2D eigenvalue weighted by Gasteiger charge is 2.44. The second kappa shape index (κ2) is 8.85. The number of likely N-dealkylation sites (tertiary alicyclic amines) is 1. The van der Waals surface area contributed by atoms with Gasteiger partial charge in [0.05, 0.1) is 5.60 Å². The van der Waals surface area contributed by atoms with Gasteiger partial charge < -0.3 is 14.9 Å². The fourth-order valence-corrected chi connectivity index (χ4v) is 4.82. The average molecular weight is 480 g/mol. The number of halogens is 3. The molecule has 1 amide bonds. The van der Waals surface area contributed by atoms with E-state index < -0.39 is 17.5 Å². The van der Waals surface area contributed by atoms with Gasteiger partial charge in [-0.05, 0) is 54.8 Å². The topological polar surface area (TPSA) is 56.7 Å². The third kappa shape index (κ3) is 4.41. The van der Waals surface area contributed by atoms with Gasteiger partial charge in [0.25, 0.3) is 5.91 Å². The van der Waals surface area contributed by atoms with E-state index in [1.54, 1.807) is 17.0 Å². The Morgan fingerprint density at radius 1 is 0.971 bits per heavy atom. The monoisotopic (exact) mass is 479 g/mol. The van der Waals surface area contributed by atoms with Crippen LogP contribution >= 0.6 is 0 Å². The summed E-state index contributed by atoms with van der Waals surface area (Å²) >= 11 is 0. The molecule has 0 saturated carbocycles. The van der Waals surface area contributed by atoms with E-state index in [4.69, 9.17) is 0 Å². The van der Waals surface area contributed by atoms with Crippen LogP contribution in [-0.4, -0.2) is 40.5 Å². The second-order valence-corrected chi connectivity index (χ2v) is 8.84. The summed E-state index contributed by atoms with van der Waals surface area (Å²) in [7, 11) is 0. The smallest absolute Gasteiger partial charge is 0.385 e. The average Bonchev–Trinajstić information content (AvgIpc) is 2.88. The Morgan fingerprint density at radius 3 is 2.40 bits per heavy atom. The summed E-state index contributed by atoms with van der Waals surface area (Å²) in [6.45, 7) is 1.02. The van der Waals surface area contributed by atoms with Gasteiger partial charge in [-0.15, -0.1) is 0 Å². The summed E-state index contributed by atoms with van der Waals surface area (Å²) in [5.74, 6) is -0.209. The summed E-state index contributed by atoms with van der Waals surface area (Å²) in [4.78, 5) is 20.3. The lowest BCUT2D eigenvalue weighted by Gasteiger charge is -2.39. The third-order valence-electron chi connectivity index (χ3n) is 6.69. The van der Waals surface area contributed by atoms with Gasteiger partial charge in [0.2, 0.25) is 0 Å². The van der Waals surface area contributed by atoms with Gasteiger partial charge in [-0.1, -0.05) is 36.4 Å². The molecule has 0 aliphatic carbocycles. The number of aliphatic hydroxyl groups is 1. The number of benzene rings is 2. The van der Waals surface area contributed by atoms with Crippen LogP contribution in [0.25, 0.3) is 6.08 Å². The molecule has 2 aliphatic heterocycles. The molecule has 2 aromatic carbocycles. The van der Waals surface area contributed by atoms with Gasteiger partial charge in [0, 0.05) is 48.3 Å². The van der Waals surface area contributed by atoms with Gasteiger partial charge in [-0.25, -0.2) is 0 Å². The van der Waals surface area contributed by atoms with Gasteiger partial charge in [0.15, 0.2) is 0 Å². The molecule has 3 aromatic rings. The molecule has 1 fully saturated rings. The van der Waals surface area contributed by atoms with E-state index in [1.807, 2.05) is 24.3 Å². The van der Waals surface area contributed by atoms with Crippen LogP contribution in [0.4, 0.5) is 24.5 Å². The minimum atomic E-state index is -4.66. The summed E-state index contributed by atoms with van der Waals surface area (Å²) < 4.78 is 40.2. The number of carbonyl (C=O) groups excluding carboxylic acids is 1. The van der Waals surface area contributed by atoms with Crippen molar-refractivity contribution in [2.45, 2.75) is 24.6 Å². The van der Waals surface area contributed by atoms with Gasteiger partial charge in [-0.3, -0.25) is 9.78 Å². The molecule has 0 radical (unpaired) electrons. The lowest BCUT2D eigenvalue weighted by atomic mass is 9.83. The predicted octanol–water partition coefficient (Wildman–Crippen LogP) is 5.39. The first kappa shape index (κ1) is 23.1. The number of piperidine rings is 1. The zero-order valence-electron chi connectivity index (χ0n) is 18.9. The van der Waals surface area contributed by atoms with Crippen molar-refractivity contribution in [3.63, 3.8) is 0 Å². The fraction of sp³-hybridized carbons (Fsp3) is 0.259.